The van der Waals surface area contributed by atoms with Gasteiger partial charge in [-0.25, -0.2) is 11.4 Å². The topological polar surface area (TPSA) is 120 Å². The summed E-state index contributed by atoms with van der Waals surface area (Å²) in [7, 11) is 0. The fourth-order valence-electron chi connectivity index (χ4n) is 7.51. The highest BCUT2D eigenvalue weighted by Gasteiger charge is 2.21. The maximum Gasteiger partial charge on any atom is 0.246 e. The van der Waals surface area contributed by atoms with E-state index in [1.165, 1.54) is 180 Å². The lowest BCUT2D eigenvalue weighted by atomic mass is 10.0. The second-order valence-corrected chi connectivity index (χ2v) is 16.7. The molecular formula is C47H94N2O6. The van der Waals surface area contributed by atoms with Crippen molar-refractivity contribution in [3.63, 3.8) is 0 Å². The third-order valence-corrected chi connectivity index (χ3v) is 11.2. The molecule has 3 atom stereocenters. The van der Waals surface area contributed by atoms with E-state index in [-0.39, 0.29) is 43.3 Å². The molecule has 3 unspecified atom stereocenters. The Morgan fingerprint density at radius 2 is 0.818 bits per heavy atom. The molecule has 0 spiro atoms. The number of rotatable bonds is 46. The van der Waals surface area contributed by atoms with Gasteiger partial charge in [0.05, 0.1) is 25.2 Å². The highest BCUT2D eigenvalue weighted by molar-refractivity contribution is 5.79. The second-order valence-electron chi connectivity index (χ2n) is 16.7. The first-order chi connectivity index (χ1) is 27.0. The summed E-state index contributed by atoms with van der Waals surface area (Å²) in [6.07, 6.45) is 41.6. The van der Waals surface area contributed by atoms with Gasteiger partial charge in [-0.2, -0.15) is 0 Å². The lowest BCUT2D eigenvalue weighted by Crippen LogP contribution is -2.36. The van der Waals surface area contributed by atoms with Crippen molar-refractivity contribution < 1.29 is 29.1 Å². The van der Waals surface area contributed by atoms with Gasteiger partial charge >= 0.3 is 0 Å². The average Bonchev–Trinajstić information content (AvgIpc) is 3.18. The second kappa shape index (κ2) is 44.1. The molecule has 0 bridgehead atoms. The molecule has 0 heterocycles. The minimum absolute atomic E-state index is 0.0104. The summed E-state index contributed by atoms with van der Waals surface area (Å²) in [4.78, 5) is 36.3. The van der Waals surface area contributed by atoms with E-state index in [9.17, 15) is 14.7 Å². The molecule has 0 rings (SSSR count). The van der Waals surface area contributed by atoms with Crippen LogP contribution in [0.4, 0.5) is 0 Å². The zero-order valence-electron chi connectivity index (χ0n) is 36.9. The van der Waals surface area contributed by atoms with Crippen molar-refractivity contribution in [2.24, 2.45) is 5.90 Å². The van der Waals surface area contributed by atoms with Gasteiger partial charge in [-0.3, -0.25) is 14.4 Å². The number of ether oxygens (including phenoxy) is 1. The van der Waals surface area contributed by atoms with Crippen molar-refractivity contribution in [1.29, 1.82) is 0 Å². The number of hydrogen-bond donors (Lipinski definition) is 3. The van der Waals surface area contributed by atoms with E-state index in [4.69, 9.17) is 20.3 Å². The van der Waals surface area contributed by atoms with E-state index in [2.05, 4.69) is 26.3 Å². The number of nitrogens with two attached hydrogens (primary N) is 1. The molecule has 1 amide bonds. The number of carbonyl (C=O) groups excluding carboxylic acids is 2. The van der Waals surface area contributed by atoms with E-state index in [1.54, 1.807) is 0 Å². The van der Waals surface area contributed by atoms with Crippen LogP contribution in [0.1, 0.15) is 258 Å². The highest BCUT2D eigenvalue weighted by atomic mass is 16.7. The van der Waals surface area contributed by atoms with Crippen LogP contribution in [0, 0.1) is 0 Å². The van der Waals surface area contributed by atoms with E-state index in [0.29, 0.717) is 19.4 Å². The number of aliphatic hydroxyl groups excluding tert-OH is 1. The average molecular weight is 783 g/mol. The monoisotopic (exact) mass is 783 g/mol. The van der Waals surface area contributed by atoms with E-state index in [0.717, 1.165) is 32.1 Å². The predicted octanol–water partition coefficient (Wildman–Crippen LogP) is 13.1. The fraction of sp³-hybridized carbons (Fsp3) is 0.957. The molecule has 0 aromatic carbocycles. The van der Waals surface area contributed by atoms with Crippen molar-refractivity contribution in [3.8, 4) is 0 Å². The van der Waals surface area contributed by atoms with Gasteiger partial charge in [-0.05, 0) is 19.3 Å². The van der Waals surface area contributed by atoms with Gasteiger partial charge in [0.25, 0.3) is 0 Å². The SMILES string of the molecule is CCCCCCCCCCCCCCCCOC(CCCCCCCCCCC)CC(=O)CC(CO)ONC(=O)CC(CCCCCCCCCCC)ON. The number of amides is 1. The first kappa shape index (κ1) is 53.9. The van der Waals surface area contributed by atoms with Crippen LogP contribution in [-0.2, 0) is 24.0 Å². The molecule has 0 aliphatic heterocycles. The summed E-state index contributed by atoms with van der Waals surface area (Å²) < 4.78 is 6.32. The Balaban J connectivity index is 4.47. The predicted molar refractivity (Wildman–Crippen MR) is 232 cm³/mol. The summed E-state index contributed by atoms with van der Waals surface area (Å²) >= 11 is 0. The normalized spacial score (nSPS) is 13.3. The largest absolute Gasteiger partial charge is 0.394 e. The Labute approximate surface area is 341 Å². The highest BCUT2D eigenvalue weighted by Crippen LogP contribution is 2.18. The third kappa shape index (κ3) is 39.5. The zero-order valence-corrected chi connectivity index (χ0v) is 36.9. The van der Waals surface area contributed by atoms with Crippen molar-refractivity contribution in [3.05, 3.63) is 0 Å². The molecule has 55 heavy (non-hydrogen) atoms. The molecule has 0 radical (unpaired) electrons. The Hall–Kier alpha value is -1.06. The minimum Gasteiger partial charge on any atom is -0.394 e. The summed E-state index contributed by atoms with van der Waals surface area (Å²) in [5, 5.41) is 9.94. The molecule has 0 aliphatic carbocycles. The van der Waals surface area contributed by atoms with Crippen LogP contribution in [0.15, 0.2) is 0 Å². The van der Waals surface area contributed by atoms with Gasteiger partial charge in [0.15, 0.2) is 0 Å². The quantitative estimate of drug-likeness (QED) is 0.0415. The van der Waals surface area contributed by atoms with Crippen LogP contribution in [0.2, 0.25) is 0 Å². The van der Waals surface area contributed by atoms with E-state index < -0.39 is 6.10 Å². The molecule has 0 saturated carbocycles. The van der Waals surface area contributed by atoms with Crippen LogP contribution < -0.4 is 11.4 Å². The standard InChI is InChI=1S/C47H94N2O6/c1-4-7-10-13-16-19-20-21-22-23-26-29-32-35-38-53-44(36-33-30-27-24-17-14-11-8-5-2)39-43(51)40-46(42-50)55-49-47(52)41-45(54-48)37-34-31-28-25-18-15-12-9-6-3/h44-46,50H,4-42,48H2,1-3H3,(H,49,52). The van der Waals surface area contributed by atoms with Crippen LogP contribution >= 0.6 is 0 Å². The molecule has 0 fully saturated rings. The molecule has 0 aliphatic rings. The van der Waals surface area contributed by atoms with Gasteiger partial charge in [-0.15, -0.1) is 0 Å². The van der Waals surface area contributed by atoms with Crippen LogP contribution in [0.25, 0.3) is 0 Å². The number of hydroxylamine groups is 1. The summed E-state index contributed by atoms with van der Waals surface area (Å²) in [5.74, 6) is 5.12. The van der Waals surface area contributed by atoms with E-state index in [1.807, 2.05) is 0 Å². The number of unbranched alkanes of at least 4 members (excludes halogenated alkanes) is 29. The molecule has 4 N–H and O–H groups in total. The number of hydrogen-bond acceptors (Lipinski definition) is 7. The molecule has 0 saturated heterocycles. The van der Waals surface area contributed by atoms with Crippen molar-refractivity contribution in [2.75, 3.05) is 13.2 Å². The Morgan fingerprint density at radius 1 is 0.473 bits per heavy atom. The van der Waals surface area contributed by atoms with Gasteiger partial charge in [0.1, 0.15) is 11.9 Å². The van der Waals surface area contributed by atoms with Crippen LogP contribution in [0.5, 0.6) is 0 Å². The summed E-state index contributed by atoms with van der Waals surface area (Å²) in [6, 6.07) is 0. The van der Waals surface area contributed by atoms with Crippen molar-refractivity contribution in [2.45, 2.75) is 277 Å². The maximum absolute atomic E-state index is 13.2. The first-order valence-corrected chi connectivity index (χ1v) is 24.0. The van der Waals surface area contributed by atoms with Gasteiger partial charge in [0, 0.05) is 19.4 Å². The summed E-state index contributed by atoms with van der Waals surface area (Å²) in [5.41, 5.74) is 2.43. The fourth-order valence-corrected chi connectivity index (χ4v) is 7.51. The number of nitrogens with one attached hydrogen (secondary N) is 1. The summed E-state index contributed by atoms with van der Waals surface area (Å²) in [6.45, 7) is 7.10. The number of ketones is 1. The van der Waals surface area contributed by atoms with Gasteiger partial charge in [-0.1, -0.05) is 220 Å². The lowest BCUT2D eigenvalue weighted by Gasteiger charge is -2.20. The molecule has 8 heteroatoms. The van der Waals surface area contributed by atoms with Crippen molar-refractivity contribution >= 4 is 11.7 Å². The van der Waals surface area contributed by atoms with Gasteiger partial charge in [0.2, 0.25) is 5.91 Å². The Morgan fingerprint density at radius 3 is 1.20 bits per heavy atom. The Kier molecular flexibility index (Phi) is 43.2. The third-order valence-electron chi connectivity index (χ3n) is 11.2. The zero-order chi connectivity index (χ0) is 40.3. The molecule has 8 nitrogen and oxygen atoms in total. The number of Topliss-reactive ketones (excluding diaryl/α,β-unsaturated/α-hetero) is 1. The maximum atomic E-state index is 13.2. The van der Waals surface area contributed by atoms with Crippen LogP contribution in [0.3, 0.4) is 0 Å². The molecule has 0 aromatic rings. The lowest BCUT2D eigenvalue weighted by molar-refractivity contribution is -0.147. The molecule has 328 valence electrons. The number of aliphatic hydroxyl groups is 1. The molecular weight excluding hydrogens is 689 g/mol. The van der Waals surface area contributed by atoms with E-state index >= 15 is 0 Å². The smallest absolute Gasteiger partial charge is 0.246 e. The first-order valence-electron chi connectivity index (χ1n) is 24.0. The van der Waals surface area contributed by atoms with Crippen LogP contribution in [-0.4, -0.2) is 48.3 Å². The Bertz CT molecular complexity index is 799. The minimum atomic E-state index is -0.801. The molecule has 0 aromatic heterocycles. The van der Waals surface area contributed by atoms with Gasteiger partial charge < -0.3 is 14.7 Å². The number of carbonyl (C=O) groups is 2. The van der Waals surface area contributed by atoms with Crippen molar-refractivity contribution in [1.82, 2.24) is 5.48 Å².